The van der Waals surface area contributed by atoms with E-state index in [0.717, 1.165) is 6.42 Å². The lowest BCUT2D eigenvalue weighted by Gasteiger charge is -2.38. The maximum Gasteiger partial charge on any atom is 0.422 e. The third-order valence-electron chi connectivity index (χ3n) is 3.21. The molecule has 0 bridgehead atoms. The summed E-state index contributed by atoms with van der Waals surface area (Å²) in [5.74, 6) is -1.01. The topological polar surface area (TPSA) is 26.3 Å². The molecule has 0 N–H and O–H groups in total. The second-order valence-corrected chi connectivity index (χ2v) is 5.92. The van der Waals surface area contributed by atoms with Crippen LogP contribution in [0.3, 0.4) is 0 Å². The van der Waals surface area contributed by atoms with E-state index >= 15 is 0 Å². The molecule has 1 aliphatic rings. The van der Waals surface area contributed by atoms with Crippen LogP contribution in [0.2, 0.25) is 0 Å². The minimum Gasteiger partial charge on any atom is -0.459 e. The standard InChI is InChI=1S/C13H19F3O2/c1-8-5-10(7-12(3,4)6-8)18-11(17)9(2)13(14,15)16/h8,10H,2,5-7H2,1,3-4H3. The van der Waals surface area contributed by atoms with E-state index in [0.29, 0.717) is 18.8 Å². The van der Waals surface area contributed by atoms with E-state index in [1.165, 1.54) is 0 Å². The number of ether oxygens (including phenoxy) is 1. The van der Waals surface area contributed by atoms with Gasteiger partial charge in [0, 0.05) is 0 Å². The molecular weight excluding hydrogens is 245 g/mol. The Morgan fingerprint density at radius 2 is 1.89 bits per heavy atom. The van der Waals surface area contributed by atoms with Gasteiger partial charge in [-0.05, 0) is 30.6 Å². The lowest BCUT2D eigenvalue weighted by molar-refractivity contribution is -0.159. The molecule has 104 valence electrons. The molecule has 0 saturated heterocycles. The maximum absolute atomic E-state index is 12.3. The average molecular weight is 264 g/mol. The summed E-state index contributed by atoms with van der Waals surface area (Å²) in [7, 11) is 0. The van der Waals surface area contributed by atoms with E-state index in [1.54, 1.807) is 0 Å². The Balaban J connectivity index is 2.63. The number of esters is 1. The van der Waals surface area contributed by atoms with Crippen molar-refractivity contribution in [1.82, 2.24) is 0 Å². The fraction of sp³-hybridized carbons (Fsp3) is 0.769. The number of halogens is 3. The van der Waals surface area contributed by atoms with Crippen LogP contribution in [-0.2, 0) is 9.53 Å². The van der Waals surface area contributed by atoms with Gasteiger partial charge in [0.05, 0.1) is 0 Å². The molecule has 0 aliphatic heterocycles. The van der Waals surface area contributed by atoms with E-state index in [1.807, 2.05) is 20.8 Å². The van der Waals surface area contributed by atoms with Crippen LogP contribution in [0.5, 0.6) is 0 Å². The minimum absolute atomic E-state index is 0.0117. The van der Waals surface area contributed by atoms with Crippen LogP contribution in [0.1, 0.15) is 40.0 Å². The highest BCUT2D eigenvalue weighted by Crippen LogP contribution is 2.40. The van der Waals surface area contributed by atoms with Crippen molar-refractivity contribution in [3.8, 4) is 0 Å². The van der Waals surface area contributed by atoms with Gasteiger partial charge in [0.15, 0.2) is 0 Å². The van der Waals surface area contributed by atoms with E-state index in [4.69, 9.17) is 4.74 Å². The quantitative estimate of drug-likeness (QED) is 0.559. The summed E-state index contributed by atoms with van der Waals surface area (Å²) >= 11 is 0. The lowest BCUT2D eigenvalue weighted by atomic mass is 9.71. The van der Waals surface area contributed by atoms with Crippen molar-refractivity contribution < 1.29 is 22.7 Å². The first kappa shape index (κ1) is 15.1. The molecule has 0 amide bonds. The molecule has 2 nitrogen and oxygen atoms in total. The van der Waals surface area contributed by atoms with Gasteiger partial charge < -0.3 is 4.74 Å². The van der Waals surface area contributed by atoms with Crippen LogP contribution in [0.25, 0.3) is 0 Å². The summed E-state index contributed by atoms with van der Waals surface area (Å²) in [6.07, 6.45) is -2.97. The Hall–Kier alpha value is -1.00. The Kier molecular flexibility index (Phi) is 4.13. The van der Waals surface area contributed by atoms with Crippen LogP contribution < -0.4 is 0 Å². The van der Waals surface area contributed by atoms with Crippen molar-refractivity contribution in [3.63, 3.8) is 0 Å². The number of carbonyl (C=O) groups is 1. The molecule has 0 spiro atoms. The van der Waals surface area contributed by atoms with Crippen LogP contribution in [-0.4, -0.2) is 18.2 Å². The van der Waals surface area contributed by atoms with Gasteiger partial charge >= 0.3 is 12.1 Å². The number of alkyl halides is 3. The van der Waals surface area contributed by atoms with E-state index in [2.05, 4.69) is 6.58 Å². The number of carbonyl (C=O) groups excluding carboxylic acids is 1. The van der Waals surface area contributed by atoms with Gasteiger partial charge in [-0.2, -0.15) is 13.2 Å². The van der Waals surface area contributed by atoms with Gasteiger partial charge in [-0.1, -0.05) is 27.4 Å². The molecule has 0 aromatic carbocycles. The predicted octanol–water partition coefficient (Wildman–Crippen LogP) is 3.86. The number of hydrogen-bond donors (Lipinski definition) is 0. The molecule has 1 rings (SSSR count). The molecule has 0 heterocycles. The van der Waals surface area contributed by atoms with Crippen LogP contribution in [0.4, 0.5) is 13.2 Å². The van der Waals surface area contributed by atoms with E-state index < -0.39 is 23.8 Å². The average Bonchev–Trinajstić information content (AvgIpc) is 2.11. The molecule has 0 aromatic heterocycles. The van der Waals surface area contributed by atoms with Gasteiger partial charge in [0.25, 0.3) is 0 Å². The van der Waals surface area contributed by atoms with Crippen LogP contribution in [0.15, 0.2) is 12.2 Å². The number of hydrogen-bond acceptors (Lipinski definition) is 2. The molecule has 2 atom stereocenters. The van der Waals surface area contributed by atoms with E-state index in [-0.39, 0.29) is 5.41 Å². The van der Waals surface area contributed by atoms with Crippen LogP contribution in [0, 0.1) is 11.3 Å². The first-order valence-electron chi connectivity index (χ1n) is 5.98. The third-order valence-corrected chi connectivity index (χ3v) is 3.21. The van der Waals surface area contributed by atoms with Crippen molar-refractivity contribution in [1.29, 1.82) is 0 Å². The molecule has 0 aromatic rings. The summed E-state index contributed by atoms with van der Waals surface area (Å²) in [5.41, 5.74) is -1.44. The Morgan fingerprint density at radius 1 is 1.33 bits per heavy atom. The first-order chi connectivity index (χ1) is 8.01. The Labute approximate surface area is 105 Å². The number of rotatable bonds is 2. The van der Waals surface area contributed by atoms with Gasteiger partial charge in [0.2, 0.25) is 0 Å². The van der Waals surface area contributed by atoms with Crippen molar-refractivity contribution >= 4 is 5.97 Å². The van der Waals surface area contributed by atoms with Gasteiger partial charge in [0.1, 0.15) is 11.7 Å². The van der Waals surface area contributed by atoms with Gasteiger partial charge in [-0.15, -0.1) is 0 Å². The predicted molar refractivity (Wildman–Crippen MR) is 61.9 cm³/mol. The second-order valence-electron chi connectivity index (χ2n) is 5.92. The summed E-state index contributed by atoms with van der Waals surface area (Å²) in [6.45, 7) is 8.82. The second kappa shape index (κ2) is 4.94. The zero-order valence-electron chi connectivity index (χ0n) is 10.9. The minimum atomic E-state index is -4.72. The summed E-state index contributed by atoms with van der Waals surface area (Å²) in [5, 5.41) is 0. The summed E-state index contributed by atoms with van der Waals surface area (Å²) in [4.78, 5) is 11.3. The summed E-state index contributed by atoms with van der Waals surface area (Å²) in [6, 6.07) is 0. The smallest absolute Gasteiger partial charge is 0.422 e. The molecule has 0 radical (unpaired) electrons. The Bertz CT molecular complexity index is 345. The zero-order chi connectivity index (χ0) is 14.1. The monoisotopic (exact) mass is 264 g/mol. The largest absolute Gasteiger partial charge is 0.459 e. The highest BCUT2D eigenvalue weighted by Gasteiger charge is 2.40. The molecule has 1 aliphatic carbocycles. The SMILES string of the molecule is C=C(C(=O)OC1CC(C)CC(C)(C)C1)C(F)(F)F. The molecule has 1 fully saturated rings. The molecule has 2 unspecified atom stereocenters. The first-order valence-corrected chi connectivity index (χ1v) is 5.98. The van der Waals surface area contributed by atoms with Crippen molar-refractivity contribution in [2.45, 2.75) is 52.3 Å². The van der Waals surface area contributed by atoms with Gasteiger partial charge in [-0.3, -0.25) is 0 Å². The maximum atomic E-state index is 12.3. The molecular formula is C13H19F3O2. The molecule has 1 saturated carbocycles. The molecule has 5 heteroatoms. The lowest BCUT2D eigenvalue weighted by Crippen LogP contribution is -2.35. The fourth-order valence-electron chi connectivity index (χ4n) is 2.69. The summed E-state index contributed by atoms with van der Waals surface area (Å²) < 4.78 is 41.8. The molecule has 18 heavy (non-hydrogen) atoms. The highest BCUT2D eigenvalue weighted by atomic mass is 19.4. The van der Waals surface area contributed by atoms with E-state index in [9.17, 15) is 18.0 Å². The van der Waals surface area contributed by atoms with Crippen molar-refractivity contribution in [2.24, 2.45) is 11.3 Å². The zero-order valence-corrected chi connectivity index (χ0v) is 10.9. The fourth-order valence-corrected chi connectivity index (χ4v) is 2.69. The third kappa shape index (κ3) is 4.03. The van der Waals surface area contributed by atoms with Gasteiger partial charge in [-0.25, -0.2) is 4.79 Å². The highest BCUT2D eigenvalue weighted by molar-refractivity contribution is 5.89. The normalized spacial score (nSPS) is 27.7. The Morgan fingerprint density at radius 3 is 2.33 bits per heavy atom. The van der Waals surface area contributed by atoms with Crippen LogP contribution >= 0.6 is 0 Å². The van der Waals surface area contributed by atoms with Crippen molar-refractivity contribution in [3.05, 3.63) is 12.2 Å². The van der Waals surface area contributed by atoms with Crippen molar-refractivity contribution in [2.75, 3.05) is 0 Å².